The number of rotatable bonds is 9. The Morgan fingerprint density at radius 3 is 2.51 bits per heavy atom. The monoisotopic (exact) mass is 550 g/mol. The van der Waals surface area contributed by atoms with Crippen molar-refractivity contribution in [1.82, 2.24) is 19.6 Å². The molecule has 2 aromatic carbocycles. The van der Waals surface area contributed by atoms with Gasteiger partial charge in [0.05, 0.1) is 4.90 Å². The third kappa shape index (κ3) is 7.06. The molecule has 2 aliphatic heterocycles. The number of hydrogen-bond acceptors (Lipinski definition) is 8. The van der Waals surface area contributed by atoms with E-state index in [0.717, 1.165) is 41.5 Å². The largest absolute Gasteiger partial charge is 0.492 e. The summed E-state index contributed by atoms with van der Waals surface area (Å²) in [6, 6.07) is 14.8. The van der Waals surface area contributed by atoms with Gasteiger partial charge in [-0.25, -0.2) is 18.1 Å². The maximum absolute atomic E-state index is 12.9. The average molecular weight is 551 g/mol. The van der Waals surface area contributed by atoms with E-state index in [1.165, 1.54) is 32.4 Å². The molecule has 0 unspecified atom stereocenters. The number of piperidine rings is 1. The van der Waals surface area contributed by atoms with Gasteiger partial charge < -0.3 is 15.0 Å². The van der Waals surface area contributed by atoms with E-state index in [1.54, 1.807) is 18.2 Å². The van der Waals surface area contributed by atoms with E-state index in [9.17, 15) is 8.42 Å². The zero-order valence-electron chi connectivity index (χ0n) is 23.0. The van der Waals surface area contributed by atoms with Gasteiger partial charge in [-0.15, -0.1) is 0 Å². The van der Waals surface area contributed by atoms with Crippen LogP contribution >= 0.6 is 0 Å². The molecule has 0 spiro atoms. The second-order valence-corrected chi connectivity index (χ2v) is 12.9. The molecule has 5 rings (SSSR count). The zero-order valence-corrected chi connectivity index (χ0v) is 23.8. The number of benzene rings is 2. The van der Waals surface area contributed by atoms with E-state index in [2.05, 4.69) is 19.9 Å². The molecule has 208 valence electrons. The molecular weight excluding hydrogens is 512 g/mol. The van der Waals surface area contributed by atoms with Gasteiger partial charge in [-0.3, -0.25) is 4.90 Å². The van der Waals surface area contributed by atoms with Crippen LogP contribution in [0.2, 0.25) is 0 Å². The maximum Gasteiger partial charge on any atom is 0.241 e. The first-order valence-corrected chi connectivity index (χ1v) is 15.1. The van der Waals surface area contributed by atoms with Gasteiger partial charge >= 0.3 is 0 Å². The summed E-state index contributed by atoms with van der Waals surface area (Å²) in [5.74, 6) is 2.11. The highest BCUT2D eigenvalue weighted by Crippen LogP contribution is 2.34. The summed E-state index contributed by atoms with van der Waals surface area (Å²) < 4.78 is 34.5. The Morgan fingerprint density at radius 1 is 1.00 bits per heavy atom. The number of hydrogen-bond donors (Lipinski definition) is 2. The molecule has 0 radical (unpaired) electrons. The molecule has 9 nitrogen and oxygen atoms in total. The minimum atomic E-state index is -3.65. The quantitative estimate of drug-likeness (QED) is 0.390. The lowest BCUT2D eigenvalue weighted by molar-refractivity contribution is 0.183. The molecule has 2 N–H and O–H groups in total. The normalized spacial score (nSPS) is 16.2. The summed E-state index contributed by atoms with van der Waals surface area (Å²) in [4.78, 5) is 14.0. The lowest BCUT2D eigenvalue weighted by Gasteiger charge is -2.26. The molecular formula is C29H38N6O3S. The third-order valence-electron chi connectivity index (χ3n) is 6.82. The highest BCUT2D eigenvalue weighted by Gasteiger charge is 2.26. The number of likely N-dealkylation sites (tertiary alicyclic amines) is 1. The predicted octanol–water partition coefficient (Wildman–Crippen LogP) is 4.86. The van der Waals surface area contributed by atoms with E-state index in [0.29, 0.717) is 19.1 Å². The number of nitrogens with one attached hydrogen (secondary N) is 2. The average Bonchev–Trinajstić information content (AvgIpc) is 3.32. The molecule has 0 aliphatic carbocycles. The zero-order chi connectivity index (χ0) is 27.5. The van der Waals surface area contributed by atoms with Crippen LogP contribution in [0.4, 0.5) is 23.1 Å². The van der Waals surface area contributed by atoms with E-state index in [1.807, 2.05) is 62.2 Å². The molecule has 3 heterocycles. The van der Waals surface area contributed by atoms with E-state index >= 15 is 0 Å². The molecule has 39 heavy (non-hydrogen) atoms. The summed E-state index contributed by atoms with van der Waals surface area (Å²) in [6.45, 7) is 10.2. The molecule has 2 aliphatic rings. The van der Waals surface area contributed by atoms with Crippen molar-refractivity contribution in [3.8, 4) is 5.75 Å². The summed E-state index contributed by atoms with van der Waals surface area (Å²) in [5, 5.41) is 3.28. The highest BCUT2D eigenvalue weighted by atomic mass is 32.2. The molecule has 0 atom stereocenters. The van der Waals surface area contributed by atoms with Crippen molar-refractivity contribution < 1.29 is 13.2 Å². The van der Waals surface area contributed by atoms with Crippen molar-refractivity contribution in [3.05, 3.63) is 60.3 Å². The van der Waals surface area contributed by atoms with Crippen LogP contribution in [0.15, 0.2) is 59.6 Å². The van der Waals surface area contributed by atoms with Gasteiger partial charge in [0.15, 0.2) is 0 Å². The van der Waals surface area contributed by atoms with Crippen LogP contribution < -0.4 is 19.7 Å². The van der Waals surface area contributed by atoms with Gasteiger partial charge in [0.1, 0.15) is 18.2 Å². The van der Waals surface area contributed by atoms with Crippen molar-refractivity contribution in [2.45, 2.75) is 56.9 Å². The standard InChI is InChI=1S/C29H38N6O3S/c1-29(2,3)33-39(36,37)26-9-7-8-24(20-26)35-17-14-22-21-30-28(32-27(22)35)31-23-10-12-25(13-11-23)38-19-18-34-15-5-4-6-16-34/h7-13,20-21,33H,4-6,14-19H2,1-3H3,(H,30,31,32). The lowest BCUT2D eigenvalue weighted by atomic mass is 10.1. The van der Waals surface area contributed by atoms with E-state index in [4.69, 9.17) is 9.72 Å². The van der Waals surface area contributed by atoms with Crippen molar-refractivity contribution in [1.29, 1.82) is 0 Å². The van der Waals surface area contributed by atoms with Gasteiger partial charge in [-0.05, 0) is 95.6 Å². The van der Waals surface area contributed by atoms with Crippen LogP contribution in [0.25, 0.3) is 0 Å². The Balaban J connectivity index is 1.24. The Morgan fingerprint density at radius 2 is 1.77 bits per heavy atom. The number of ether oxygens (including phenoxy) is 1. The molecule has 10 heteroatoms. The van der Waals surface area contributed by atoms with E-state index < -0.39 is 15.6 Å². The fourth-order valence-electron chi connectivity index (χ4n) is 4.98. The first-order chi connectivity index (χ1) is 18.7. The Hall–Kier alpha value is -3.21. The van der Waals surface area contributed by atoms with Gasteiger partial charge in [-0.1, -0.05) is 12.5 Å². The Bertz CT molecular complexity index is 1380. The maximum atomic E-state index is 12.9. The van der Waals surface area contributed by atoms with Crippen molar-refractivity contribution in [2.75, 3.05) is 43.0 Å². The summed E-state index contributed by atoms with van der Waals surface area (Å²) in [7, 11) is -3.65. The molecule has 0 bridgehead atoms. The van der Waals surface area contributed by atoms with Crippen LogP contribution in [0, 0.1) is 0 Å². The predicted molar refractivity (Wildman–Crippen MR) is 155 cm³/mol. The van der Waals surface area contributed by atoms with Crippen molar-refractivity contribution >= 4 is 33.2 Å². The highest BCUT2D eigenvalue weighted by molar-refractivity contribution is 7.89. The van der Waals surface area contributed by atoms with Crippen LogP contribution in [-0.2, 0) is 16.4 Å². The number of fused-ring (bicyclic) bond motifs is 1. The van der Waals surface area contributed by atoms with Crippen molar-refractivity contribution in [2.24, 2.45) is 0 Å². The molecule has 0 saturated carbocycles. The molecule has 1 saturated heterocycles. The second-order valence-electron chi connectivity index (χ2n) is 11.2. The molecule has 1 fully saturated rings. The topological polar surface area (TPSA) is 99.7 Å². The summed E-state index contributed by atoms with van der Waals surface area (Å²) in [5.41, 5.74) is 2.10. The molecule has 0 amide bonds. The number of anilines is 4. The van der Waals surface area contributed by atoms with Crippen LogP contribution in [0.3, 0.4) is 0 Å². The van der Waals surface area contributed by atoms with Gasteiger partial charge in [0.25, 0.3) is 0 Å². The molecule has 1 aromatic heterocycles. The Labute approximate surface area is 231 Å². The first-order valence-electron chi connectivity index (χ1n) is 13.7. The second kappa shape index (κ2) is 11.5. The lowest BCUT2D eigenvalue weighted by Crippen LogP contribution is -2.40. The Kier molecular flexibility index (Phi) is 8.06. The number of aromatic nitrogens is 2. The van der Waals surface area contributed by atoms with Gasteiger partial charge in [-0.2, -0.15) is 4.98 Å². The SMILES string of the molecule is CC(C)(C)NS(=O)(=O)c1cccc(N2CCc3cnc(Nc4ccc(OCCN5CCCCC5)cc4)nc32)c1. The fraction of sp³-hybridized carbons (Fsp3) is 0.448. The van der Waals surface area contributed by atoms with Crippen LogP contribution in [0.5, 0.6) is 5.75 Å². The van der Waals surface area contributed by atoms with Gasteiger partial charge in [0, 0.05) is 41.8 Å². The van der Waals surface area contributed by atoms with Crippen molar-refractivity contribution in [3.63, 3.8) is 0 Å². The summed E-state index contributed by atoms with van der Waals surface area (Å²) in [6.07, 6.45) is 6.53. The molecule has 3 aromatic rings. The number of sulfonamides is 1. The minimum Gasteiger partial charge on any atom is -0.492 e. The number of nitrogens with zero attached hydrogens (tertiary/aromatic N) is 4. The van der Waals surface area contributed by atoms with E-state index in [-0.39, 0.29) is 4.90 Å². The van der Waals surface area contributed by atoms with Gasteiger partial charge in [0.2, 0.25) is 16.0 Å². The minimum absolute atomic E-state index is 0.231. The van der Waals surface area contributed by atoms with Crippen LogP contribution in [0.1, 0.15) is 45.6 Å². The fourth-order valence-corrected chi connectivity index (χ4v) is 6.44. The van der Waals surface area contributed by atoms with Crippen LogP contribution in [-0.4, -0.2) is 61.6 Å². The smallest absolute Gasteiger partial charge is 0.241 e. The summed E-state index contributed by atoms with van der Waals surface area (Å²) >= 11 is 0. The first kappa shape index (κ1) is 27.4. The third-order valence-corrected chi connectivity index (χ3v) is 8.57.